The van der Waals surface area contributed by atoms with Gasteiger partial charge in [-0.05, 0) is 18.1 Å². The Morgan fingerprint density at radius 3 is 2.52 bits per heavy atom. The van der Waals surface area contributed by atoms with E-state index in [-0.39, 0.29) is 5.91 Å². The third-order valence-corrected chi connectivity index (χ3v) is 4.65. The summed E-state index contributed by atoms with van der Waals surface area (Å²) >= 11 is 1.50. The Bertz CT molecular complexity index is 811. The molecule has 0 aliphatic heterocycles. The third kappa shape index (κ3) is 3.48. The first-order valence-electron chi connectivity index (χ1n) is 7.46. The minimum Gasteiger partial charge on any atom is -0.336 e. The van der Waals surface area contributed by atoms with Crippen LogP contribution in [0.4, 0.5) is 0 Å². The van der Waals surface area contributed by atoms with Crippen molar-refractivity contribution < 1.29 is 4.79 Å². The number of carbonyl (C=O) groups excluding carboxylic acids is 1. The predicted molar refractivity (Wildman–Crippen MR) is 94.5 cm³/mol. The second kappa shape index (κ2) is 6.75. The smallest absolute Gasteiger partial charge is 0.273 e. The van der Waals surface area contributed by atoms with E-state index in [0.717, 1.165) is 16.1 Å². The number of rotatable bonds is 4. The molecule has 0 radical (unpaired) electrons. The van der Waals surface area contributed by atoms with Crippen LogP contribution in [0.1, 0.15) is 21.6 Å². The third-order valence-electron chi connectivity index (χ3n) is 3.76. The summed E-state index contributed by atoms with van der Waals surface area (Å²) in [5.74, 6) is -0.0494. The largest absolute Gasteiger partial charge is 0.336 e. The summed E-state index contributed by atoms with van der Waals surface area (Å²) < 4.78 is 0. The molecule has 116 valence electrons. The van der Waals surface area contributed by atoms with Gasteiger partial charge in [-0.2, -0.15) is 0 Å². The van der Waals surface area contributed by atoms with E-state index in [1.54, 1.807) is 4.90 Å². The minimum absolute atomic E-state index is 0.0494. The van der Waals surface area contributed by atoms with Crippen LogP contribution in [-0.2, 0) is 6.54 Å². The van der Waals surface area contributed by atoms with Gasteiger partial charge >= 0.3 is 0 Å². The Hall–Kier alpha value is -2.46. The molecule has 2 aromatic carbocycles. The summed E-state index contributed by atoms with van der Waals surface area (Å²) in [5.41, 5.74) is 3.89. The maximum absolute atomic E-state index is 12.6. The Balaban J connectivity index is 1.76. The van der Waals surface area contributed by atoms with Crippen LogP contribution in [0.5, 0.6) is 0 Å². The fraction of sp³-hybridized carbons (Fsp3) is 0.158. The second-order valence-electron chi connectivity index (χ2n) is 5.49. The zero-order valence-corrected chi connectivity index (χ0v) is 14.0. The molecule has 1 aromatic heterocycles. The van der Waals surface area contributed by atoms with Crippen LogP contribution in [-0.4, -0.2) is 22.8 Å². The van der Waals surface area contributed by atoms with Crippen LogP contribution in [0.25, 0.3) is 10.6 Å². The van der Waals surface area contributed by atoms with Gasteiger partial charge in [0.2, 0.25) is 0 Å². The first kappa shape index (κ1) is 15.4. The zero-order chi connectivity index (χ0) is 16.2. The lowest BCUT2D eigenvalue weighted by Crippen LogP contribution is -2.26. The topological polar surface area (TPSA) is 33.2 Å². The standard InChI is InChI=1S/C19H18N2OS/c1-14-8-6-7-11-16(14)12-21(2)19(22)17-13-23-18(20-17)15-9-4-3-5-10-15/h3-11,13H,12H2,1-2H3. The van der Waals surface area contributed by atoms with E-state index in [9.17, 15) is 4.79 Å². The van der Waals surface area contributed by atoms with Crippen molar-refractivity contribution >= 4 is 17.2 Å². The average Bonchev–Trinajstić information content (AvgIpc) is 3.07. The molecule has 3 nitrogen and oxygen atoms in total. The van der Waals surface area contributed by atoms with Crippen LogP contribution >= 0.6 is 11.3 Å². The molecule has 0 bridgehead atoms. The van der Waals surface area contributed by atoms with Crippen LogP contribution in [0.15, 0.2) is 60.0 Å². The Kier molecular flexibility index (Phi) is 4.53. The molecule has 0 N–H and O–H groups in total. The summed E-state index contributed by atoms with van der Waals surface area (Å²) in [4.78, 5) is 18.8. The maximum atomic E-state index is 12.6. The molecule has 1 heterocycles. The average molecular weight is 322 g/mol. The van der Waals surface area contributed by atoms with Crippen molar-refractivity contribution in [2.24, 2.45) is 0 Å². The summed E-state index contributed by atoms with van der Waals surface area (Å²) in [6, 6.07) is 18.0. The van der Waals surface area contributed by atoms with Crippen molar-refractivity contribution in [2.75, 3.05) is 7.05 Å². The van der Waals surface area contributed by atoms with E-state index >= 15 is 0 Å². The highest BCUT2D eigenvalue weighted by atomic mass is 32.1. The molecule has 1 amide bonds. The molecule has 4 heteroatoms. The van der Waals surface area contributed by atoms with Crippen molar-refractivity contribution in [2.45, 2.75) is 13.5 Å². The molecule has 0 saturated heterocycles. The predicted octanol–water partition coefficient (Wildman–Crippen LogP) is 4.39. The first-order chi connectivity index (χ1) is 11.1. The van der Waals surface area contributed by atoms with Crippen LogP contribution in [0.3, 0.4) is 0 Å². The number of aromatic nitrogens is 1. The van der Waals surface area contributed by atoms with Gasteiger partial charge in [0.25, 0.3) is 5.91 Å². The lowest BCUT2D eigenvalue weighted by atomic mass is 10.1. The van der Waals surface area contributed by atoms with E-state index in [4.69, 9.17) is 0 Å². The molecular formula is C19H18N2OS. The van der Waals surface area contributed by atoms with Crippen molar-refractivity contribution in [3.05, 3.63) is 76.8 Å². The van der Waals surface area contributed by atoms with Gasteiger partial charge in [0.15, 0.2) is 0 Å². The van der Waals surface area contributed by atoms with E-state index in [0.29, 0.717) is 12.2 Å². The maximum Gasteiger partial charge on any atom is 0.273 e. The number of amides is 1. The minimum atomic E-state index is -0.0494. The van der Waals surface area contributed by atoms with E-state index < -0.39 is 0 Å². The fourth-order valence-electron chi connectivity index (χ4n) is 2.40. The van der Waals surface area contributed by atoms with Gasteiger partial charge in [-0.3, -0.25) is 4.79 Å². The van der Waals surface area contributed by atoms with E-state index in [1.807, 2.05) is 54.9 Å². The molecule has 0 fully saturated rings. The van der Waals surface area contributed by atoms with Gasteiger partial charge in [-0.15, -0.1) is 11.3 Å². The normalized spacial score (nSPS) is 10.5. The molecule has 0 aliphatic rings. The van der Waals surface area contributed by atoms with Crippen molar-refractivity contribution in [1.29, 1.82) is 0 Å². The van der Waals surface area contributed by atoms with Gasteiger partial charge in [0.05, 0.1) is 0 Å². The number of nitrogens with zero attached hydrogens (tertiary/aromatic N) is 2. The molecule has 0 saturated carbocycles. The van der Waals surface area contributed by atoms with Crippen molar-refractivity contribution in [3.8, 4) is 10.6 Å². The Morgan fingerprint density at radius 1 is 1.09 bits per heavy atom. The highest BCUT2D eigenvalue weighted by Crippen LogP contribution is 2.24. The lowest BCUT2D eigenvalue weighted by molar-refractivity contribution is 0.0780. The van der Waals surface area contributed by atoms with Crippen LogP contribution < -0.4 is 0 Å². The molecule has 3 rings (SSSR count). The quantitative estimate of drug-likeness (QED) is 0.713. The van der Waals surface area contributed by atoms with Gasteiger partial charge in [0.1, 0.15) is 10.7 Å². The van der Waals surface area contributed by atoms with Crippen molar-refractivity contribution in [3.63, 3.8) is 0 Å². The Labute approximate surface area is 140 Å². The van der Waals surface area contributed by atoms with E-state index in [2.05, 4.69) is 24.0 Å². The van der Waals surface area contributed by atoms with Gasteiger partial charge in [-0.1, -0.05) is 54.6 Å². The fourth-order valence-corrected chi connectivity index (χ4v) is 3.20. The molecule has 3 aromatic rings. The monoisotopic (exact) mass is 322 g/mol. The number of hydrogen-bond donors (Lipinski definition) is 0. The number of benzene rings is 2. The Morgan fingerprint density at radius 2 is 1.78 bits per heavy atom. The van der Waals surface area contributed by atoms with Crippen molar-refractivity contribution in [1.82, 2.24) is 9.88 Å². The lowest BCUT2D eigenvalue weighted by Gasteiger charge is -2.17. The molecule has 23 heavy (non-hydrogen) atoms. The van der Waals surface area contributed by atoms with Gasteiger partial charge < -0.3 is 4.90 Å². The van der Waals surface area contributed by atoms with Gasteiger partial charge in [0, 0.05) is 24.5 Å². The summed E-state index contributed by atoms with van der Waals surface area (Å²) in [7, 11) is 1.82. The summed E-state index contributed by atoms with van der Waals surface area (Å²) in [5, 5.41) is 2.71. The highest BCUT2D eigenvalue weighted by Gasteiger charge is 2.16. The highest BCUT2D eigenvalue weighted by molar-refractivity contribution is 7.13. The zero-order valence-electron chi connectivity index (χ0n) is 13.2. The number of carbonyl (C=O) groups is 1. The van der Waals surface area contributed by atoms with Crippen LogP contribution in [0.2, 0.25) is 0 Å². The number of aryl methyl sites for hydroxylation is 1. The molecule has 0 unspecified atom stereocenters. The first-order valence-corrected chi connectivity index (χ1v) is 8.34. The summed E-state index contributed by atoms with van der Waals surface area (Å²) in [6.07, 6.45) is 0. The summed E-state index contributed by atoms with van der Waals surface area (Å²) in [6.45, 7) is 2.65. The SMILES string of the molecule is Cc1ccccc1CN(C)C(=O)c1csc(-c2ccccc2)n1. The number of hydrogen-bond acceptors (Lipinski definition) is 3. The van der Waals surface area contributed by atoms with Crippen LogP contribution in [0, 0.1) is 6.92 Å². The molecule has 0 aliphatic carbocycles. The van der Waals surface area contributed by atoms with Gasteiger partial charge in [-0.25, -0.2) is 4.98 Å². The molecule has 0 atom stereocenters. The molecular weight excluding hydrogens is 304 g/mol. The van der Waals surface area contributed by atoms with E-state index in [1.165, 1.54) is 16.9 Å². The second-order valence-corrected chi connectivity index (χ2v) is 6.35. The number of thiazole rings is 1. The molecule has 0 spiro atoms.